The molecular weight excluding hydrogens is 269 g/mol. The summed E-state index contributed by atoms with van der Waals surface area (Å²) in [5.41, 5.74) is 1.86. The topological polar surface area (TPSA) is 34.1 Å². The standard InChI is InChI=1S/C14H13F3N2O/c1-10-5-4-6-11(19-10)9-18-12-7-2-3-8-13(12)20-14(15,16)17/h2-8,18H,9H2,1H3. The predicted molar refractivity (Wildman–Crippen MR) is 69.4 cm³/mol. The Morgan fingerprint density at radius 2 is 1.85 bits per heavy atom. The number of aryl methyl sites for hydroxylation is 1. The van der Waals surface area contributed by atoms with Gasteiger partial charge in [-0.25, -0.2) is 0 Å². The molecule has 0 aliphatic carbocycles. The molecular formula is C14H13F3N2O. The van der Waals surface area contributed by atoms with Crippen molar-refractivity contribution in [2.45, 2.75) is 19.8 Å². The molecule has 0 aliphatic heterocycles. The average molecular weight is 282 g/mol. The van der Waals surface area contributed by atoms with Gasteiger partial charge in [0.05, 0.1) is 17.9 Å². The van der Waals surface area contributed by atoms with Gasteiger partial charge >= 0.3 is 6.36 Å². The first-order valence-electron chi connectivity index (χ1n) is 5.95. The summed E-state index contributed by atoms with van der Waals surface area (Å²) in [7, 11) is 0. The van der Waals surface area contributed by atoms with Crippen LogP contribution in [-0.2, 0) is 6.54 Å². The Balaban J connectivity index is 2.09. The molecule has 1 heterocycles. The van der Waals surface area contributed by atoms with Crippen LogP contribution in [0.3, 0.4) is 0 Å². The number of rotatable bonds is 4. The molecule has 20 heavy (non-hydrogen) atoms. The molecule has 0 fully saturated rings. The number of halogens is 3. The van der Waals surface area contributed by atoms with Crippen molar-refractivity contribution in [1.82, 2.24) is 4.98 Å². The summed E-state index contributed by atoms with van der Waals surface area (Å²) in [6.07, 6.45) is -4.71. The average Bonchev–Trinajstić information content (AvgIpc) is 2.36. The molecule has 0 atom stereocenters. The minimum absolute atomic E-state index is 0.257. The summed E-state index contributed by atoms with van der Waals surface area (Å²) in [6.45, 7) is 2.17. The third-order valence-corrected chi connectivity index (χ3v) is 2.52. The Kier molecular flexibility index (Phi) is 4.12. The smallest absolute Gasteiger partial charge is 0.404 e. The maximum atomic E-state index is 12.3. The molecule has 2 rings (SSSR count). The molecule has 0 radical (unpaired) electrons. The SMILES string of the molecule is Cc1cccc(CNc2ccccc2OC(F)(F)F)n1. The van der Waals surface area contributed by atoms with Gasteiger partial charge < -0.3 is 10.1 Å². The molecule has 0 bridgehead atoms. The van der Waals surface area contributed by atoms with Gasteiger partial charge in [0.25, 0.3) is 0 Å². The van der Waals surface area contributed by atoms with Crippen LogP contribution >= 0.6 is 0 Å². The summed E-state index contributed by atoms with van der Waals surface area (Å²) in [6, 6.07) is 11.4. The van der Waals surface area contributed by atoms with Gasteiger partial charge in [0.2, 0.25) is 0 Å². The van der Waals surface area contributed by atoms with Crippen LogP contribution in [0, 0.1) is 6.92 Å². The van der Waals surface area contributed by atoms with Gasteiger partial charge in [-0.2, -0.15) is 0 Å². The van der Waals surface area contributed by atoms with Crippen LogP contribution in [0.5, 0.6) is 5.75 Å². The molecule has 0 spiro atoms. The van der Waals surface area contributed by atoms with Crippen LogP contribution < -0.4 is 10.1 Å². The molecule has 1 N–H and O–H groups in total. The van der Waals surface area contributed by atoms with E-state index in [0.29, 0.717) is 6.54 Å². The van der Waals surface area contributed by atoms with Crippen molar-refractivity contribution in [1.29, 1.82) is 0 Å². The van der Waals surface area contributed by atoms with E-state index < -0.39 is 6.36 Å². The number of benzene rings is 1. The maximum Gasteiger partial charge on any atom is 0.573 e. The Morgan fingerprint density at radius 1 is 1.10 bits per heavy atom. The Labute approximate surface area is 114 Å². The van der Waals surface area contributed by atoms with Crippen molar-refractivity contribution in [3.05, 3.63) is 53.9 Å². The maximum absolute atomic E-state index is 12.3. The van der Waals surface area contributed by atoms with Crippen molar-refractivity contribution in [2.75, 3.05) is 5.32 Å². The first-order valence-corrected chi connectivity index (χ1v) is 5.95. The molecule has 2 aromatic rings. The molecule has 0 saturated carbocycles. The number of hydrogen-bond acceptors (Lipinski definition) is 3. The van der Waals surface area contributed by atoms with Crippen molar-refractivity contribution >= 4 is 5.69 Å². The van der Waals surface area contributed by atoms with Gasteiger partial charge in [-0.1, -0.05) is 18.2 Å². The monoisotopic (exact) mass is 282 g/mol. The number of aromatic nitrogens is 1. The predicted octanol–water partition coefficient (Wildman–Crippen LogP) is 3.90. The van der Waals surface area contributed by atoms with E-state index in [9.17, 15) is 13.2 Å². The number of pyridine rings is 1. The van der Waals surface area contributed by atoms with Crippen LogP contribution in [0.15, 0.2) is 42.5 Å². The molecule has 1 aromatic carbocycles. The number of nitrogens with zero attached hydrogens (tertiary/aromatic N) is 1. The van der Waals surface area contributed by atoms with Crippen molar-refractivity contribution in [2.24, 2.45) is 0 Å². The first kappa shape index (κ1) is 14.2. The largest absolute Gasteiger partial charge is 0.573 e. The number of anilines is 1. The van der Waals surface area contributed by atoms with E-state index in [1.54, 1.807) is 12.1 Å². The van der Waals surface area contributed by atoms with E-state index in [1.807, 2.05) is 19.1 Å². The van der Waals surface area contributed by atoms with Gasteiger partial charge in [0, 0.05) is 5.69 Å². The summed E-state index contributed by atoms with van der Waals surface area (Å²) < 4.78 is 40.8. The van der Waals surface area contributed by atoms with Gasteiger partial charge in [0.15, 0.2) is 5.75 Å². The highest BCUT2D eigenvalue weighted by Crippen LogP contribution is 2.30. The highest BCUT2D eigenvalue weighted by Gasteiger charge is 2.32. The highest BCUT2D eigenvalue weighted by molar-refractivity contribution is 5.56. The Hall–Kier alpha value is -2.24. The van der Waals surface area contributed by atoms with Gasteiger partial charge in [-0.05, 0) is 31.2 Å². The zero-order valence-corrected chi connectivity index (χ0v) is 10.7. The summed E-state index contributed by atoms with van der Waals surface area (Å²) >= 11 is 0. The molecule has 1 aromatic heterocycles. The molecule has 0 amide bonds. The van der Waals surface area contributed by atoms with Gasteiger partial charge in [-0.3, -0.25) is 4.98 Å². The number of hydrogen-bond donors (Lipinski definition) is 1. The fourth-order valence-electron chi connectivity index (χ4n) is 1.71. The molecule has 0 aliphatic rings. The number of ether oxygens (including phenoxy) is 1. The second-order valence-corrected chi connectivity index (χ2v) is 4.17. The second-order valence-electron chi connectivity index (χ2n) is 4.17. The summed E-state index contributed by atoms with van der Waals surface area (Å²) in [5, 5.41) is 2.89. The molecule has 6 heteroatoms. The van der Waals surface area contributed by atoms with Crippen LogP contribution in [-0.4, -0.2) is 11.3 Å². The van der Waals surface area contributed by atoms with E-state index in [-0.39, 0.29) is 11.4 Å². The first-order chi connectivity index (χ1) is 9.44. The van der Waals surface area contributed by atoms with E-state index in [2.05, 4.69) is 15.0 Å². The van der Waals surface area contributed by atoms with Crippen molar-refractivity contribution in [3.63, 3.8) is 0 Å². The third-order valence-electron chi connectivity index (χ3n) is 2.52. The van der Waals surface area contributed by atoms with Crippen LogP contribution in [0.25, 0.3) is 0 Å². The lowest BCUT2D eigenvalue weighted by molar-refractivity contribution is -0.274. The number of alkyl halides is 3. The molecule has 0 saturated heterocycles. The summed E-state index contributed by atoms with van der Waals surface area (Å²) in [5.74, 6) is -0.257. The van der Waals surface area contributed by atoms with E-state index in [1.165, 1.54) is 18.2 Å². The van der Waals surface area contributed by atoms with Crippen LogP contribution in [0.4, 0.5) is 18.9 Å². The highest BCUT2D eigenvalue weighted by atomic mass is 19.4. The van der Waals surface area contributed by atoms with E-state index in [4.69, 9.17) is 0 Å². The van der Waals surface area contributed by atoms with Crippen molar-refractivity contribution < 1.29 is 17.9 Å². The quantitative estimate of drug-likeness (QED) is 0.923. The fourth-order valence-corrected chi connectivity index (χ4v) is 1.71. The molecule has 0 unspecified atom stereocenters. The van der Waals surface area contributed by atoms with Gasteiger partial charge in [0.1, 0.15) is 0 Å². The van der Waals surface area contributed by atoms with Crippen LogP contribution in [0.2, 0.25) is 0 Å². The van der Waals surface area contributed by atoms with E-state index >= 15 is 0 Å². The normalized spacial score (nSPS) is 11.2. The van der Waals surface area contributed by atoms with Crippen molar-refractivity contribution in [3.8, 4) is 5.75 Å². The molecule has 106 valence electrons. The van der Waals surface area contributed by atoms with Gasteiger partial charge in [-0.15, -0.1) is 13.2 Å². The number of para-hydroxylation sites is 2. The minimum atomic E-state index is -4.71. The minimum Gasteiger partial charge on any atom is -0.404 e. The lowest BCUT2D eigenvalue weighted by atomic mass is 10.2. The molecule has 3 nitrogen and oxygen atoms in total. The van der Waals surface area contributed by atoms with E-state index in [0.717, 1.165) is 11.4 Å². The lowest BCUT2D eigenvalue weighted by Gasteiger charge is -2.14. The van der Waals surface area contributed by atoms with Crippen LogP contribution in [0.1, 0.15) is 11.4 Å². The second kappa shape index (κ2) is 5.81. The Morgan fingerprint density at radius 3 is 2.55 bits per heavy atom. The Bertz CT molecular complexity index is 585. The zero-order valence-electron chi connectivity index (χ0n) is 10.7. The fraction of sp³-hybridized carbons (Fsp3) is 0.214. The number of nitrogens with one attached hydrogen (secondary N) is 1. The third kappa shape index (κ3) is 4.15. The zero-order chi connectivity index (χ0) is 14.6. The summed E-state index contributed by atoms with van der Waals surface area (Å²) in [4.78, 5) is 4.27. The lowest BCUT2D eigenvalue weighted by Crippen LogP contribution is -2.18.